The zero-order chi connectivity index (χ0) is 18.0. The largest absolute Gasteiger partial charge is 0.323 e. The monoisotopic (exact) mass is 340 g/mol. The van der Waals surface area contributed by atoms with Gasteiger partial charge in [0.1, 0.15) is 11.4 Å². The molecule has 0 saturated carbocycles. The topological polar surface area (TPSA) is 15.6 Å². The van der Waals surface area contributed by atoms with Gasteiger partial charge in [0.15, 0.2) is 0 Å². The van der Waals surface area contributed by atoms with Crippen LogP contribution in [0, 0.1) is 5.92 Å². The molecule has 130 valence electrons. The number of benzene rings is 3. The Morgan fingerprint density at radius 1 is 0.769 bits per heavy atom. The Morgan fingerprint density at radius 3 is 1.88 bits per heavy atom. The van der Waals surface area contributed by atoms with Crippen molar-refractivity contribution in [1.82, 2.24) is 0 Å². The highest BCUT2D eigenvalue weighted by molar-refractivity contribution is 6.11. The lowest BCUT2D eigenvalue weighted by Crippen LogP contribution is -2.38. The summed E-state index contributed by atoms with van der Waals surface area (Å²) in [5.74, 6) is 1.44. The summed E-state index contributed by atoms with van der Waals surface area (Å²) in [6, 6.07) is 31.8. The molecule has 3 aromatic rings. The summed E-state index contributed by atoms with van der Waals surface area (Å²) in [5.41, 5.74) is 3.38. The van der Waals surface area contributed by atoms with Gasteiger partial charge in [0.05, 0.1) is 6.54 Å². The molecule has 1 atom stereocenters. The van der Waals surface area contributed by atoms with Gasteiger partial charge in [-0.2, -0.15) is 0 Å². The highest BCUT2D eigenvalue weighted by Gasteiger charge is 2.44. The zero-order valence-corrected chi connectivity index (χ0v) is 15.3. The second-order valence-corrected chi connectivity index (χ2v) is 7.17. The molecule has 0 aliphatic carbocycles. The van der Waals surface area contributed by atoms with Crippen molar-refractivity contribution < 1.29 is 0 Å². The Kier molecular flexibility index (Phi) is 4.34. The van der Waals surface area contributed by atoms with Crippen LogP contribution in [-0.4, -0.2) is 12.4 Å². The minimum atomic E-state index is -0.248. The van der Waals surface area contributed by atoms with Gasteiger partial charge in [0.25, 0.3) is 0 Å². The van der Waals surface area contributed by atoms with Crippen LogP contribution in [0.1, 0.15) is 25.0 Å². The van der Waals surface area contributed by atoms with E-state index in [0.717, 1.165) is 17.9 Å². The smallest absolute Gasteiger partial charge is 0.136 e. The summed E-state index contributed by atoms with van der Waals surface area (Å²) in [6.45, 7) is 5.39. The van der Waals surface area contributed by atoms with E-state index in [1.807, 2.05) is 0 Å². The molecule has 1 heterocycles. The first-order valence-electron chi connectivity index (χ1n) is 9.24. The van der Waals surface area contributed by atoms with E-state index in [2.05, 4.69) is 110 Å². The van der Waals surface area contributed by atoms with Crippen molar-refractivity contribution in [2.75, 3.05) is 11.4 Å². The van der Waals surface area contributed by atoms with Crippen LogP contribution < -0.4 is 4.90 Å². The number of amidine groups is 1. The van der Waals surface area contributed by atoms with Crippen molar-refractivity contribution in [3.8, 4) is 0 Å². The first-order valence-corrected chi connectivity index (χ1v) is 9.24. The van der Waals surface area contributed by atoms with Crippen LogP contribution in [0.4, 0.5) is 5.69 Å². The Hall–Kier alpha value is -2.87. The number of nitrogens with zero attached hydrogens (tertiary/aromatic N) is 2. The SMILES string of the molecule is CC(C)C1(c2ccccc2)CN(c2ccccc2)C(c2ccccc2)=N1. The van der Waals surface area contributed by atoms with Crippen LogP contribution in [0.25, 0.3) is 0 Å². The van der Waals surface area contributed by atoms with Gasteiger partial charge >= 0.3 is 0 Å². The van der Waals surface area contributed by atoms with E-state index < -0.39 is 0 Å². The van der Waals surface area contributed by atoms with Crippen LogP contribution in [-0.2, 0) is 5.54 Å². The lowest BCUT2D eigenvalue weighted by molar-refractivity contribution is 0.346. The molecule has 0 saturated heterocycles. The molecule has 0 N–H and O–H groups in total. The second-order valence-electron chi connectivity index (χ2n) is 7.17. The molecule has 3 aromatic carbocycles. The van der Waals surface area contributed by atoms with Gasteiger partial charge < -0.3 is 4.90 Å². The quantitative estimate of drug-likeness (QED) is 0.612. The van der Waals surface area contributed by atoms with E-state index in [0.29, 0.717) is 5.92 Å². The molecular weight excluding hydrogens is 316 g/mol. The molecule has 1 aliphatic heterocycles. The molecule has 0 amide bonds. The van der Waals surface area contributed by atoms with E-state index in [-0.39, 0.29) is 5.54 Å². The zero-order valence-electron chi connectivity index (χ0n) is 15.3. The van der Waals surface area contributed by atoms with Crippen LogP contribution >= 0.6 is 0 Å². The average molecular weight is 340 g/mol. The number of aliphatic imine (C=N–C) groups is 1. The molecule has 0 aromatic heterocycles. The van der Waals surface area contributed by atoms with Gasteiger partial charge in [-0.3, -0.25) is 4.99 Å². The van der Waals surface area contributed by atoms with Gasteiger partial charge in [-0.25, -0.2) is 0 Å². The van der Waals surface area contributed by atoms with Crippen molar-refractivity contribution in [1.29, 1.82) is 0 Å². The Morgan fingerprint density at radius 2 is 1.31 bits per heavy atom. The highest BCUT2D eigenvalue weighted by Crippen LogP contribution is 2.41. The fourth-order valence-electron chi connectivity index (χ4n) is 3.76. The number of hydrogen-bond acceptors (Lipinski definition) is 2. The first kappa shape index (κ1) is 16.6. The van der Waals surface area contributed by atoms with E-state index in [9.17, 15) is 0 Å². The maximum atomic E-state index is 5.36. The van der Waals surface area contributed by atoms with E-state index >= 15 is 0 Å². The molecule has 4 rings (SSSR count). The number of para-hydroxylation sites is 1. The molecule has 26 heavy (non-hydrogen) atoms. The van der Waals surface area contributed by atoms with Crippen LogP contribution in [0.15, 0.2) is 96.0 Å². The van der Waals surface area contributed by atoms with Gasteiger partial charge in [-0.1, -0.05) is 92.7 Å². The van der Waals surface area contributed by atoms with E-state index in [1.165, 1.54) is 11.3 Å². The van der Waals surface area contributed by atoms with E-state index in [1.54, 1.807) is 0 Å². The van der Waals surface area contributed by atoms with Crippen LogP contribution in [0.5, 0.6) is 0 Å². The van der Waals surface area contributed by atoms with Crippen molar-refractivity contribution in [3.05, 3.63) is 102 Å². The minimum absolute atomic E-state index is 0.248. The normalized spacial score (nSPS) is 19.7. The minimum Gasteiger partial charge on any atom is -0.323 e. The fraction of sp³-hybridized carbons (Fsp3) is 0.208. The Labute approximate surface area is 155 Å². The maximum absolute atomic E-state index is 5.36. The van der Waals surface area contributed by atoms with Crippen LogP contribution in [0.3, 0.4) is 0 Å². The molecule has 2 nitrogen and oxygen atoms in total. The molecule has 0 bridgehead atoms. The number of anilines is 1. The van der Waals surface area contributed by atoms with Crippen molar-refractivity contribution >= 4 is 11.5 Å². The third kappa shape index (κ3) is 2.82. The molecule has 0 spiro atoms. The maximum Gasteiger partial charge on any atom is 0.136 e. The number of rotatable bonds is 4. The summed E-state index contributed by atoms with van der Waals surface area (Å²) in [5, 5.41) is 0. The Balaban J connectivity index is 1.89. The second kappa shape index (κ2) is 6.80. The molecule has 1 unspecified atom stereocenters. The third-order valence-electron chi connectivity index (χ3n) is 5.29. The molecule has 0 radical (unpaired) electrons. The van der Waals surface area contributed by atoms with Crippen molar-refractivity contribution in [2.45, 2.75) is 19.4 Å². The fourth-order valence-corrected chi connectivity index (χ4v) is 3.76. The van der Waals surface area contributed by atoms with Crippen molar-refractivity contribution in [2.24, 2.45) is 10.9 Å². The summed E-state index contributed by atoms with van der Waals surface area (Å²) >= 11 is 0. The van der Waals surface area contributed by atoms with Gasteiger partial charge in [0, 0.05) is 11.3 Å². The highest BCUT2D eigenvalue weighted by atomic mass is 15.3. The molecule has 1 aliphatic rings. The van der Waals surface area contributed by atoms with Gasteiger partial charge in [0.2, 0.25) is 0 Å². The summed E-state index contributed by atoms with van der Waals surface area (Å²) in [7, 11) is 0. The molecule has 2 heteroatoms. The molecular formula is C24H24N2. The third-order valence-corrected chi connectivity index (χ3v) is 5.29. The number of hydrogen-bond donors (Lipinski definition) is 0. The summed E-state index contributed by atoms with van der Waals surface area (Å²) in [6.07, 6.45) is 0. The van der Waals surface area contributed by atoms with Gasteiger partial charge in [-0.05, 0) is 23.6 Å². The molecule has 0 fully saturated rings. The standard InChI is InChI=1S/C24H24N2/c1-19(2)24(21-14-8-4-9-15-21)18-26(22-16-10-5-11-17-22)23(25-24)20-12-6-3-7-13-20/h3-17,19H,18H2,1-2H3. The lowest BCUT2D eigenvalue weighted by atomic mass is 9.80. The van der Waals surface area contributed by atoms with Crippen molar-refractivity contribution in [3.63, 3.8) is 0 Å². The summed E-state index contributed by atoms with van der Waals surface area (Å²) in [4.78, 5) is 7.72. The Bertz CT molecular complexity index is 885. The van der Waals surface area contributed by atoms with Gasteiger partial charge in [-0.15, -0.1) is 0 Å². The van der Waals surface area contributed by atoms with Crippen LogP contribution in [0.2, 0.25) is 0 Å². The lowest BCUT2D eigenvalue weighted by Gasteiger charge is -2.32. The predicted molar refractivity (Wildman–Crippen MR) is 110 cm³/mol. The summed E-state index contributed by atoms with van der Waals surface area (Å²) < 4.78 is 0. The average Bonchev–Trinajstić information content (AvgIpc) is 3.12. The first-order chi connectivity index (χ1) is 12.7. The van der Waals surface area contributed by atoms with E-state index in [4.69, 9.17) is 4.99 Å². The predicted octanol–water partition coefficient (Wildman–Crippen LogP) is 5.50.